The van der Waals surface area contributed by atoms with Crippen LogP contribution in [0, 0.1) is 0 Å². The van der Waals surface area contributed by atoms with Gasteiger partial charge in [0.1, 0.15) is 0 Å². The highest BCUT2D eigenvalue weighted by Gasteiger charge is 2.08. The molecular weight excluding hydrogens is 272 g/mol. The molecule has 2 N–H and O–H groups in total. The number of methoxy groups -OCH3 is 1. The lowest BCUT2D eigenvalue weighted by Gasteiger charge is -2.07. The Labute approximate surface area is 123 Å². The molecule has 0 saturated heterocycles. The molecule has 2 amide bonds. The second kappa shape index (κ2) is 8.73. The van der Waals surface area contributed by atoms with E-state index in [1.165, 1.54) is 7.11 Å². The molecule has 0 spiro atoms. The van der Waals surface area contributed by atoms with Crippen LogP contribution in [0.2, 0.25) is 0 Å². The zero-order chi connectivity index (χ0) is 15.7. The maximum Gasteiger partial charge on any atom is 0.306 e. The van der Waals surface area contributed by atoms with Crippen LogP contribution in [0.1, 0.15) is 36.5 Å². The van der Waals surface area contributed by atoms with Crippen molar-refractivity contribution in [3.63, 3.8) is 0 Å². The van der Waals surface area contributed by atoms with Crippen molar-refractivity contribution in [2.45, 2.75) is 26.2 Å². The highest BCUT2D eigenvalue weighted by Crippen LogP contribution is 2.10. The molecule has 0 bridgehead atoms. The van der Waals surface area contributed by atoms with Crippen LogP contribution < -0.4 is 10.6 Å². The zero-order valence-corrected chi connectivity index (χ0v) is 12.3. The van der Waals surface area contributed by atoms with Gasteiger partial charge in [-0.25, -0.2) is 0 Å². The quantitative estimate of drug-likeness (QED) is 0.749. The number of nitrogens with one attached hydrogen (secondary N) is 2. The van der Waals surface area contributed by atoms with Gasteiger partial charge in [0.15, 0.2) is 0 Å². The van der Waals surface area contributed by atoms with Crippen molar-refractivity contribution in [2.75, 3.05) is 19.0 Å². The Balaban J connectivity index is 2.48. The van der Waals surface area contributed by atoms with Crippen molar-refractivity contribution in [1.29, 1.82) is 0 Å². The lowest BCUT2D eigenvalue weighted by atomic mass is 10.2. The maximum absolute atomic E-state index is 11.7. The first-order valence-electron chi connectivity index (χ1n) is 6.81. The van der Waals surface area contributed by atoms with Gasteiger partial charge in [-0.3, -0.25) is 14.4 Å². The van der Waals surface area contributed by atoms with Gasteiger partial charge in [0.05, 0.1) is 13.5 Å². The van der Waals surface area contributed by atoms with Crippen molar-refractivity contribution >= 4 is 23.5 Å². The minimum Gasteiger partial charge on any atom is -0.469 e. The largest absolute Gasteiger partial charge is 0.469 e. The predicted molar refractivity (Wildman–Crippen MR) is 78.9 cm³/mol. The van der Waals surface area contributed by atoms with E-state index < -0.39 is 5.97 Å². The molecule has 1 rings (SSSR count). The summed E-state index contributed by atoms with van der Waals surface area (Å²) in [6.45, 7) is 2.61. The molecule has 0 heterocycles. The summed E-state index contributed by atoms with van der Waals surface area (Å²) < 4.78 is 4.46. The standard InChI is InChI=1S/C15H20N2O4/c1-3-10-16-15(20)11-4-6-12(7-5-11)17-13(18)8-9-14(19)21-2/h4-7H,3,8-10H2,1-2H3,(H,16,20)(H,17,18). The molecule has 0 aromatic heterocycles. The summed E-state index contributed by atoms with van der Waals surface area (Å²) in [4.78, 5) is 34.2. The fourth-order valence-corrected chi connectivity index (χ4v) is 1.59. The average molecular weight is 292 g/mol. The summed E-state index contributed by atoms with van der Waals surface area (Å²) >= 11 is 0. The van der Waals surface area contributed by atoms with Gasteiger partial charge < -0.3 is 15.4 Å². The monoisotopic (exact) mass is 292 g/mol. The smallest absolute Gasteiger partial charge is 0.306 e. The van der Waals surface area contributed by atoms with Gasteiger partial charge in [-0.1, -0.05) is 6.92 Å². The maximum atomic E-state index is 11.7. The Hall–Kier alpha value is -2.37. The molecule has 6 heteroatoms. The highest BCUT2D eigenvalue weighted by atomic mass is 16.5. The molecule has 6 nitrogen and oxygen atoms in total. The first kappa shape index (κ1) is 16.7. The van der Waals surface area contributed by atoms with Crippen LogP contribution in [0.25, 0.3) is 0 Å². The summed E-state index contributed by atoms with van der Waals surface area (Å²) in [6, 6.07) is 6.58. The Kier molecular flexibility index (Phi) is 6.94. The van der Waals surface area contributed by atoms with E-state index in [9.17, 15) is 14.4 Å². The number of hydrogen-bond acceptors (Lipinski definition) is 4. The summed E-state index contributed by atoms with van der Waals surface area (Å²) in [6.07, 6.45) is 0.978. The normalized spacial score (nSPS) is 9.81. The van der Waals surface area contributed by atoms with E-state index in [0.717, 1.165) is 6.42 Å². The van der Waals surface area contributed by atoms with Gasteiger partial charge in [0, 0.05) is 24.2 Å². The molecule has 0 unspecified atom stereocenters. The number of hydrogen-bond donors (Lipinski definition) is 2. The fraction of sp³-hybridized carbons (Fsp3) is 0.400. The third-order valence-corrected chi connectivity index (χ3v) is 2.75. The van der Waals surface area contributed by atoms with Crippen LogP contribution in [0.15, 0.2) is 24.3 Å². The van der Waals surface area contributed by atoms with E-state index in [2.05, 4.69) is 15.4 Å². The number of rotatable bonds is 7. The van der Waals surface area contributed by atoms with Crippen molar-refractivity contribution in [3.05, 3.63) is 29.8 Å². The second-order valence-corrected chi connectivity index (χ2v) is 4.46. The number of ether oxygens (including phenoxy) is 1. The predicted octanol–water partition coefficient (Wildman–Crippen LogP) is 1.72. The number of carbonyl (C=O) groups is 3. The Bertz CT molecular complexity index is 497. The van der Waals surface area contributed by atoms with Gasteiger partial charge in [-0.2, -0.15) is 0 Å². The first-order chi connectivity index (χ1) is 10.1. The summed E-state index contributed by atoms with van der Waals surface area (Å²) in [5.74, 6) is -0.836. The molecule has 0 radical (unpaired) electrons. The highest BCUT2D eigenvalue weighted by molar-refractivity contribution is 5.96. The van der Waals surface area contributed by atoms with Crippen molar-refractivity contribution in [2.24, 2.45) is 0 Å². The number of anilines is 1. The Morgan fingerprint density at radius 2 is 1.76 bits per heavy atom. The van der Waals surface area contributed by atoms with E-state index in [-0.39, 0.29) is 24.7 Å². The average Bonchev–Trinajstić information content (AvgIpc) is 2.50. The van der Waals surface area contributed by atoms with E-state index in [1.807, 2.05) is 6.92 Å². The molecular formula is C15H20N2O4. The molecule has 114 valence electrons. The third-order valence-electron chi connectivity index (χ3n) is 2.75. The van der Waals surface area contributed by atoms with Gasteiger partial charge in [-0.15, -0.1) is 0 Å². The van der Waals surface area contributed by atoms with Crippen molar-refractivity contribution < 1.29 is 19.1 Å². The number of esters is 1. The van der Waals surface area contributed by atoms with E-state index >= 15 is 0 Å². The molecule has 0 fully saturated rings. The van der Waals surface area contributed by atoms with Gasteiger partial charge in [0.25, 0.3) is 5.91 Å². The van der Waals surface area contributed by atoms with E-state index in [4.69, 9.17) is 0 Å². The molecule has 1 aromatic carbocycles. The van der Waals surface area contributed by atoms with Crippen LogP contribution in [-0.2, 0) is 14.3 Å². The molecule has 0 saturated carbocycles. The Morgan fingerprint density at radius 3 is 2.33 bits per heavy atom. The van der Waals surface area contributed by atoms with Crippen molar-refractivity contribution in [1.82, 2.24) is 5.32 Å². The van der Waals surface area contributed by atoms with Crippen LogP contribution in [0.4, 0.5) is 5.69 Å². The number of carbonyl (C=O) groups excluding carboxylic acids is 3. The minimum absolute atomic E-state index is 0.0415. The SMILES string of the molecule is CCCNC(=O)c1ccc(NC(=O)CCC(=O)OC)cc1. The summed E-state index contributed by atoms with van der Waals surface area (Å²) in [7, 11) is 1.28. The molecule has 0 aliphatic carbocycles. The topological polar surface area (TPSA) is 84.5 Å². The van der Waals surface area contributed by atoms with E-state index in [0.29, 0.717) is 17.8 Å². The van der Waals surface area contributed by atoms with Crippen LogP contribution >= 0.6 is 0 Å². The molecule has 21 heavy (non-hydrogen) atoms. The zero-order valence-electron chi connectivity index (χ0n) is 12.3. The number of benzene rings is 1. The lowest BCUT2D eigenvalue weighted by molar-refractivity contribution is -0.141. The fourth-order valence-electron chi connectivity index (χ4n) is 1.59. The van der Waals surface area contributed by atoms with Crippen LogP contribution in [-0.4, -0.2) is 31.4 Å². The van der Waals surface area contributed by atoms with Crippen molar-refractivity contribution in [3.8, 4) is 0 Å². The Morgan fingerprint density at radius 1 is 1.10 bits per heavy atom. The van der Waals surface area contributed by atoms with E-state index in [1.54, 1.807) is 24.3 Å². The van der Waals surface area contributed by atoms with Gasteiger partial charge in [0.2, 0.25) is 5.91 Å². The summed E-state index contributed by atoms with van der Waals surface area (Å²) in [5, 5.41) is 5.42. The third kappa shape index (κ3) is 6.07. The van der Waals surface area contributed by atoms with Crippen LogP contribution in [0.5, 0.6) is 0 Å². The van der Waals surface area contributed by atoms with Gasteiger partial charge in [-0.05, 0) is 30.7 Å². The second-order valence-electron chi connectivity index (χ2n) is 4.46. The molecule has 0 aliphatic heterocycles. The molecule has 0 atom stereocenters. The molecule has 0 aliphatic rings. The number of amides is 2. The minimum atomic E-state index is -0.423. The first-order valence-corrected chi connectivity index (χ1v) is 6.81. The summed E-state index contributed by atoms with van der Waals surface area (Å²) in [5.41, 5.74) is 1.12. The lowest BCUT2D eigenvalue weighted by Crippen LogP contribution is -2.23. The van der Waals surface area contributed by atoms with Crippen LogP contribution in [0.3, 0.4) is 0 Å². The van der Waals surface area contributed by atoms with Gasteiger partial charge >= 0.3 is 5.97 Å². The molecule has 1 aromatic rings.